The van der Waals surface area contributed by atoms with Crippen molar-refractivity contribution in [3.63, 3.8) is 0 Å². The van der Waals surface area contributed by atoms with Gasteiger partial charge in [0, 0.05) is 0 Å². The Labute approximate surface area is 156 Å². The van der Waals surface area contributed by atoms with Crippen molar-refractivity contribution < 1.29 is 14.3 Å². The first kappa shape index (κ1) is 19.8. The van der Waals surface area contributed by atoms with E-state index in [2.05, 4.69) is 31.3 Å². The monoisotopic (exact) mass is 355 g/mol. The summed E-state index contributed by atoms with van der Waals surface area (Å²) < 4.78 is 11.3. The molecule has 140 valence electrons. The van der Waals surface area contributed by atoms with Crippen LogP contribution in [0.25, 0.3) is 0 Å². The molecule has 0 unspecified atom stereocenters. The Bertz CT molecular complexity index is 685. The van der Waals surface area contributed by atoms with E-state index in [1.165, 1.54) is 0 Å². The zero-order valence-corrected chi connectivity index (χ0v) is 16.1. The molecule has 0 aliphatic heterocycles. The van der Waals surface area contributed by atoms with E-state index < -0.39 is 6.10 Å². The Morgan fingerprint density at radius 1 is 1.00 bits per heavy atom. The minimum Gasteiger partial charge on any atom is -0.493 e. The highest BCUT2D eigenvalue weighted by atomic mass is 16.5. The van der Waals surface area contributed by atoms with E-state index in [-0.39, 0.29) is 11.9 Å². The summed E-state index contributed by atoms with van der Waals surface area (Å²) in [5.74, 6) is 1.57. The molecule has 4 heteroatoms. The van der Waals surface area contributed by atoms with Gasteiger partial charge in [0.1, 0.15) is 0 Å². The number of hydrogen-bond donors (Lipinski definition) is 1. The lowest BCUT2D eigenvalue weighted by Gasteiger charge is -2.25. The first-order valence-corrected chi connectivity index (χ1v) is 9.20. The fourth-order valence-corrected chi connectivity index (χ4v) is 2.89. The van der Waals surface area contributed by atoms with Gasteiger partial charge in [0.2, 0.25) is 0 Å². The second kappa shape index (κ2) is 9.85. The SMILES string of the molecule is CC[C@@H](Oc1ccccc1OC)C(=O)N[C@H](CC(C)C)c1ccccc1. The predicted octanol–water partition coefficient (Wildman–Crippen LogP) is 4.76. The number of nitrogens with one attached hydrogen (secondary N) is 1. The topological polar surface area (TPSA) is 47.6 Å². The maximum absolute atomic E-state index is 12.9. The number of benzene rings is 2. The predicted molar refractivity (Wildman–Crippen MR) is 104 cm³/mol. The lowest BCUT2D eigenvalue weighted by atomic mass is 9.96. The van der Waals surface area contributed by atoms with Gasteiger partial charge in [-0.1, -0.05) is 63.2 Å². The van der Waals surface area contributed by atoms with E-state index in [4.69, 9.17) is 9.47 Å². The van der Waals surface area contributed by atoms with E-state index in [0.29, 0.717) is 23.8 Å². The maximum atomic E-state index is 12.9. The Balaban J connectivity index is 2.12. The molecule has 0 heterocycles. The summed E-state index contributed by atoms with van der Waals surface area (Å²) in [6.07, 6.45) is 0.887. The molecule has 2 atom stereocenters. The third-order valence-corrected chi connectivity index (χ3v) is 4.23. The smallest absolute Gasteiger partial charge is 0.261 e. The number of carbonyl (C=O) groups excluding carboxylic acids is 1. The molecule has 0 aliphatic rings. The molecule has 0 spiro atoms. The number of amides is 1. The van der Waals surface area contributed by atoms with Crippen LogP contribution in [-0.4, -0.2) is 19.1 Å². The third-order valence-electron chi connectivity index (χ3n) is 4.23. The Morgan fingerprint density at radius 3 is 2.19 bits per heavy atom. The van der Waals surface area contributed by atoms with Crippen molar-refractivity contribution in [3.8, 4) is 11.5 Å². The lowest BCUT2D eigenvalue weighted by molar-refractivity contribution is -0.129. The van der Waals surface area contributed by atoms with E-state index in [1.54, 1.807) is 7.11 Å². The van der Waals surface area contributed by atoms with E-state index in [1.807, 2.05) is 49.4 Å². The van der Waals surface area contributed by atoms with Crippen molar-refractivity contribution in [2.75, 3.05) is 7.11 Å². The minimum absolute atomic E-state index is 0.0287. The second-order valence-electron chi connectivity index (χ2n) is 6.77. The molecule has 0 aromatic heterocycles. The molecule has 2 aromatic carbocycles. The summed E-state index contributed by atoms with van der Waals surface area (Å²) in [5, 5.41) is 3.17. The molecule has 0 bridgehead atoms. The Kier molecular flexibility index (Phi) is 7.52. The molecular formula is C22H29NO3. The van der Waals surface area contributed by atoms with Gasteiger partial charge in [0.25, 0.3) is 5.91 Å². The highest BCUT2D eigenvalue weighted by molar-refractivity contribution is 5.81. The third kappa shape index (κ3) is 5.51. The molecule has 2 aromatic rings. The molecule has 1 amide bonds. The molecule has 26 heavy (non-hydrogen) atoms. The normalized spacial score (nSPS) is 13.1. The van der Waals surface area contributed by atoms with Gasteiger partial charge in [0.05, 0.1) is 13.2 Å². The van der Waals surface area contributed by atoms with Crippen molar-refractivity contribution in [3.05, 3.63) is 60.2 Å². The summed E-state index contributed by atoms with van der Waals surface area (Å²) in [6.45, 7) is 6.26. The van der Waals surface area contributed by atoms with Gasteiger partial charge >= 0.3 is 0 Å². The average Bonchev–Trinajstić information content (AvgIpc) is 2.66. The standard InChI is InChI=1S/C22H29NO3/c1-5-19(26-21-14-10-9-13-20(21)25-4)22(24)23-18(15-16(2)3)17-11-7-6-8-12-17/h6-14,16,18-19H,5,15H2,1-4H3,(H,23,24)/t18-,19-/m1/s1. The van der Waals surface area contributed by atoms with Crippen LogP contribution in [0, 0.1) is 5.92 Å². The van der Waals surface area contributed by atoms with E-state index >= 15 is 0 Å². The minimum atomic E-state index is -0.565. The van der Waals surface area contributed by atoms with Crippen molar-refractivity contribution in [2.24, 2.45) is 5.92 Å². The van der Waals surface area contributed by atoms with Crippen LogP contribution >= 0.6 is 0 Å². The number of ether oxygens (including phenoxy) is 2. The highest BCUT2D eigenvalue weighted by Gasteiger charge is 2.24. The fourth-order valence-electron chi connectivity index (χ4n) is 2.89. The summed E-state index contributed by atoms with van der Waals surface area (Å²) in [4.78, 5) is 12.9. The summed E-state index contributed by atoms with van der Waals surface area (Å²) in [5.41, 5.74) is 1.11. The first-order valence-electron chi connectivity index (χ1n) is 9.20. The summed E-state index contributed by atoms with van der Waals surface area (Å²) in [6, 6.07) is 17.4. The van der Waals surface area contributed by atoms with Gasteiger partial charge in [-0.2, -0.15) is 0 Å². The van der Waals surface area contributed by atoms with Gasteiger partial charge in [0.15, 0.2) is 17.6 Å². The molecule has 0 saturated carbocycles. The second-order valence-corrected chi connectivity index (χ2v) is 6.77. The molecular weight excluding hydrogens is 326 g/mol. The fraction of sp³-hybridized carbons (Fsp3) is 0.409. The van der Waals surface area contributed by atoms with E-state index in [0.717, 1.165) is 12.0 Å². The molecule has 1 N–H and O–H groups in total. The number of hydrogen-bond acceptors (Lipinski definition) is 3. The number of carbonyl (C=O) groups is 1. The van der Waals surface area contributed by atoms with Crippen LogP contribution < -0.4 is 14.8 Å². The van der Waals surface area contributed by atoms with Crippen molar-refractivity contribution in [1.29, 1.82) is 0 Å². The molecule has 0 radical (unpaired) electrons. The van der Waals surface area contributed by atoms with Crippen molar-refractivity contribution >= 4 is 5.91 Å². The van der Waals surface area contributed by atoms with Crippen molar-refractivity contribution in [1.82, 2.24) is 5.32 Å². The van der Waals surface area contributed by atoms with Gasteiger partial charge < -0.3 is 14.8 Å². The van der Waals surface area contributed by atoms with Gasteiger partial charge in [-0.15, -0.1) is 0 Å². The zero-order valence-electron chi connectivity index (χ0n) is 16.1. The molecule has 0 aliphatic carbocycles. The molecule has 2 rings (SSSR count). The van der Waals surface area contributed by atoms with Crippen LogP contribution in [0.1, 0.15) is 45.2 Å². The van der Waals surface area contributed by atoms with Gasteiger partial charge in [-0.3, -0.25) is 4.79 Å². The number of rotatable bonds is 9. The van der Waals surface area contributed by atoms with E-state index in [9.17, 15) is 4.79 Å². The van der Waals surface area contributed by atoms with Crippen molar-refractivity contribution in [2.45, 2.75) is 45.8 Å². The number of para-hydroxylation sites is 2. The summed E-state index contributed by atoms with van der Waals surface area (Å²) >= 11 is 0. The van der Waals surface area contributed by atoms with Gasteiger partial charge in [-0.25, -0.2) is 0 Å². The van der Waals surface area contributed by atoms with Crippen LogP contribution in [0.5, 0.6) is 11.5 Å². The lowest BCUT2D eigenvalue weighted by Crippen LogP contribution is -2.40. The van der Waals surface area contributed by atoms with Crippen LogP contribution in [0.2, 0.25) is 0 Å². The van der Waals surface area contributed by atoms with Crippen LogP contribution in [0.15, 0.2) is 54.6 Å². The Hall–Kier alpha value is -2.49. The number of methoxy groups -OCH3 is 1. The van der Waals surface area contributed by atoms with Crippen LogP contribution in [0.4, 0.5) is 0 Å². The zero-order chi connectivity index (χ0) is 18.9. The highest BCUT2D eigenvalue weighted by Crippen LogP contribution is 2.28. The summed E-state index contributed by atoms with van der Waals surface area (Å²) in [7, 11) is 1.59. The molecule has 0 saturated heterocycles. The van der Waals surface area contributed by atoms with Crippen LogP contribution in [0.3, 0.4) is 0 Å². The maximum Gasteiger partial charge on any atom is 0.261 e. The largest absolute Gasteiger partial charge is 0.493 e. The van der Waals surface area contributed by atoms with Crippen LogP contribution in [-0.2, 0) is 4.79 Å². The first-order chi connectivity index (χ1) is 12.5. The molecule has 4 nitrogen and oxygen atoms in total. The quantitative estimate of drug-likeness (QED) is 0.706. The van der Waals surface area contributed by atoms with Gasteiger partial charge in [-0.05, 0) is 36.5 Å². The Morgan fingerprint density at radius 2 is 1.62 bits per heavy atom. The molecule has 0 fully saturated rings. The average molecular weight is 355 g/mol.